The molecule has 0 unspecified atom stereocenters. The van der Waals surface area contributed by atoms with Gasteiger partial charge in [0.15, 0.2) is 0 Å². The third-order valence-corrected chi connectivity index (χ3v) is 4.14. The van der Waals surface area contributed by atoms with Crippen LogP contribution in [0.25, 0.3) is 0 Å². The SMILES string of the molecule is Cc1ccc(Cn2nc(C(=O)Nc3cc(Cl)ccc3C#N)ccc2=O)cc1. The zero-order chi connectivity index (χ0) is 19.4. The number of benzene rings is 2. The van der Waals surface area contributed by atoms with Crippen molar-refractivity contribution >= 4 is 23.2 Å². The van der Waals surface area contributed by atoms with Gasteiger partial charge in [-0.05, 0) is 36.8 Å². The van der Waals surface area contributed by atoms with E-state index in [4.69, 9.17) is 16.9 Å². The van der Waals surface area contributed by atoms with Crippen LogP contribution in [0.4, 0.5) is 5.69 Å². The maximum absolute atomic E-state index is 12.5. The Bertz CT molecular complexity index is 1100. The van der Waals surface area contributed by atoms with Crippen molar-refractivity contribution in [1.29, 1.82) is 5.26 Å². The number of anilines is 1. The molecule has 0 radical (unpaired) electrons. The molecule has 1 aromatic heterocycles. The van der Waals surface area contributed by atoms with Crippen molar-refractivity contribution in [1.82, 2.24) is 9.78 Å². The lowest BCUT2D eigenvalue weighted by Crippen LogP contribution is -2.26. The van der Waals surface area contributed by atoms with Crippen LogP contribution in [0.3, 0.4) is 0 Å². The Morgan fingerprint density at radius 2 is 1.93 bits per heavy atom. The van der Waals surface area contributed by atoms with E-state index in [0.717, 1.165) is 11.1 Å². The molecule has 0 saturated heterocycles. The van der Waals surface area contributed by atoms with Crippen LogP contribution < -0.4 is 10.9 Å². The van der Waals surface area contributed by atoms with Gasteiger partial charge in [0.05, 0.1) is 17.8 Å². The summed E-state index contributed by atoms with van der Waals surface area (Å²) in [5, 5.41) is 16.3. The van der Waals surface area contributed by atoms with Crippen LogP contribution in [0.1, 0.15) is 27.2 Å². The van der Waals surface area contributed by atoms with Gasteiger partial charge in [-0.25, -0.2) is 4.68 Å². The summed E-state index contributed by atoms with van der Waals surface area (Å²) in [6.45, 7) is 2.23. The number of hydrogen-bond donors (Lipinski definition) is 1. The summed E-state index contributed by atoms with van der Waals surface area (Å²) in [6.07, 6.45) is 0. The highest BCUT2D eigenvalue weighted by molar-refractivity contribution is 6.31. The number of nitrogens with one attached hydrogen (secondary N) is 1. The average Bonchev–Trinajstić information content (AvgIpc) is 2.65. The Kier molecular flexibility index (Phi) is 5.34. The van der Waals surface area contributed by atoms with E-state index < -0.39 is 5.91 Å². The fraction of sp³-hybridized carbons (Fsp3) is 0.100. The van der Waals surface area contributed by atoms with Gasteiger partial charge >= 0.3 is 0 Å². The molecule has 1 N–H and O–H groups in total. The van der Waals surface area contributed by atoms with Crippen LogP contribution in [0, 0.1) is 18.3 Å². The van der Waals surface area contributed by atoms with Crippen LogP contribution in [0.15, 0.2) is 59.4 Å². The van der Waals surface area contributed by atoms with Crippen molar-refractivity contribution in [3.8, 4) is 6.07 Å². The number of nitriles is 1. The van der Waals surface area contributed by atoms with Gasteiger partial charge in [-0.1, -0.05) is 41.4 Å². The van der Waals surface area contributed by atoms with Gasteiger partial charge in [0, 0.05) is 11.1 Å². The number of hydrogen-bond acceptors (Lipinski definition) is 4. The second-order valence-electron chi connectivity index (χ2n) is 5.96. The molecule has 0 saturated carbocycles. The van der Waals surface area contributed by atoms with Gasteiger partial charge in [0.25, 0.3) is 11.5 Å². The van der Waals surface area contributed by atoms with Gasteiger partial charge in [-0.3, -0.25) is 9.59 Å². The zero-order valence-corrected chi connectivity index (χ0v) is 15.2. The fourth-order valence-electron chi connectivity index (χ4n) is 2.45. The molecule has 0 aliphatic rings. The third-order valence-electron chi connectivity index (χ3n) is 3.90. The number of nitrogens with zero attached hydrogens (tertiary/aromatic N) is 3. The highest BCUT2D eigenvalue weighted by Gasteiger charge is 2.13. The Labute approximate surface area is 160 Å². The first-order valence-electron chi connectivity index (χ1n) is 8.11. The molecule has 1 heterocycles. The number of halogens is 1. The molecule has 3 aromatic rings. The molecule has 0 fully saturated rings. The minimum Gasteiger partial charge on any atom is -0.319 e. The zero-order valence-electron chi connectivity index (χ0n) is 14.4. The van der Waals surface area contributed by atoms with Crippen molar-refractivity contribution in [2.75, 3.05) is 5.32 Å². The van der Waals surface area contributed by atoms with E-state index in [0.29, 0.717) is 5.02 Å². The van der Waals surface area contributed by atoms with Crippen LogP contribution in [0.2, 0.25) is 5.02 Å². The average molecular weight is 379 g/mol. The summed E-state index contributed by atoms with van der Waals surface area (Å²) in [7, 11) is 0. The van der Waals surface area contributed by atoms with Gasteiger partial charge in [0.1, 0.15) is 11.8 Å². The number of aromatic nitrogens is 2. The minimum absolute atomic E-state index is 0.0607. The van der Waals surface area contributed by atoms with Crippen LogP contribution in [-0.2, 0) is 6.54 Å². The van der Waals surface area contributed by atoms with E-state index in [1.165, 1.54) is 28.9 Å². The second-order valence-corrected chi connectivity index (χ2v) is 6.39. The normalized spacial score (nSPS) is 10.3. The third kappa shape index (κ3) is 4.40. The van der Waals surface area contributed by atoms with Crippen molar-refractivity contribution in [3.05, 3.63) is 92.4 Å². The smallest absolute Gasteiger partial charge is 0.276 e. The van der Waals surface area contributed by atoms with E-state index in [1.807, 2.05) is 37.3 Å². The molecular weight excluding hydrogens is 364 g/mol. The molecule has 7 heteroatoms. The van der Waals surface area contributed by atoms with E-state index in [1.54, 1.807) is 6.07 Å². The molecule has 3 rings (SSSR count). The lowest BCUT2D eigenvalue weighted by molar-refractivity contribution is 0.102. The van der Waals surface area contributed by atoms with Gasteiger partial charge < -0.3 is 5.32 Å². The van der Waals surface area contributed by atoms with E-state index in [2.05, 4.69) is 10.4 Å². The lowest BCUT2D eigenvalue weighted by atomic mass is 10.1. The molecule has 27 heavy (non-hydrogen) atoms. The molecule has 0 aliphatic carbocycles. The summed E-state index contributed by atoms with van der Waals surface area (Å²) in [4.78, 5) is 24.6. The summed E-state index contributed by atoms with van der Waals surface area (Å²) in [5.41, 5.74) is 2.32. The first kappa shape index (κ1) is 18.4. The summed E-state index contributed by atoms with van der Waals surface area (Å²) < 4.78 is 1.22. The van der Waals surface area contributed by atoms with Crippen molar-refractivity contribution in [3.63, 3.8) is 0 Å². The van der Waals surface area contributed by atoms with E-state index in [9.17, 15) is 9.59 Å². The Hall–Kier alpha value is -3.43. The fourth-order valence-corrected chi connectivity index (χ4v) is 2.63. The number of carbonyl (C=O) groups is 1. The predicted octanol–water partition coefficient (Wildman–Crippen LogP) is 3.38. The van der Waals surface area contributed by atoms with E-state index in [-0.39, 0.29) is 29.0 Å². The highest BCUT2D eigenvalue weighted by atomic mass is 35.5. The maximum atomic E-state index is 12.5. The first-order valence-corrected chi connectivity index (χ1v) is 8.49. The quantitative estimate of drug-likeness (QED) is 0.753. The van der Waals surface area contributed by atoms with Gasteiger partial charge in [0.2, 0.25) is 0 Å². The maximum Gasteiger partial charge on any atom is 0.276 e. The summed E-state index contributed by atoms with van der Waals surface area (Å²) in [5.74, 6) is -0.536. The molecule has 6 nitrogen and oxygen atoms in total. The molecular formula is C20H15ClN4O2. The second kappa shape index (κ2) is 7.85. The highest BCUT2D eigenvalue weighted by Crippen LogP contribution is 2.20. The number of aryl methyl sites for hydroxylation is 1. The number of carbonyl (C=O) groups excluding carboxylic acids is 1. The molecule has 0 spiro atoms. The molecule has 0 atom stereocenters. The van der Waals surface area contributed by atoms with Crippen molar-refractivity contribution in [2.24, 2.45) is 0 Å². The van der Waals surface area contributed by atoms with Gasteiger partial charge in [-0.2, -0.15) is 10.4 Å². The molecule has 134 valence electrons. The largest absolute Gasteiger partial charge is 0.319 e. The van der Waals surface area contributed by atoms with Crippen molar-refractivity contribution in [2.45, 2.75) is 13.5 Å². The van der Waals surface area contributed by atoms with Gasteiger partial charge in [-0.15, -0.1) is 0 Å². The first-order chi connectivity index (χ1) is 13.0. The van der Waals surface area contributed by atoms with Crippen molar-refractivity contribution < 1.29 is 4.79 Å². The molecule has 1 amide bonds. The Balaban J connectivity index is 1.86. The molecule has 0 aliphatic heterocycles. The topological polar surface area (TPSA) is 87.8 Å². The standard InChI is InChI=1S/C20H15ClN4O2/c1-13-2-4-14(5-3-13)12-25-19(26)9-8-17(24-25)20(27)23-18-10-16(21)7-6-15(18)11-22/h2-10H,12H2,1H3,(H,23,27). The molecule has 0 bridgehead atoms. The number of rotatable bonds is 4. The van der Waals surface area contributed by atoms with Crippen LogP contribution in [-0.4, -0.2) is 15.7 Å². The monoisotopic (exact) mass is 378 g/mol. The van der Waals surface area contributed by atoms with Crippen LogP contribution >= 0.6 is 11.6 Å². The molecule has 2 aromatic carbocycles. The van der Waals surface area contributed by atoms with Crippen LogP contribution in [0.5, 0.6) is 0 Å². The predicted molar refractivity (Wildman–Crippen MR) is 103 cm³/mol. The summed E-state index contributed by atoms with van der Waals surface area (Å²) in [6, 6.07) is 16.9. The van der Waals surface area contributed by atoms with E-state index >= 15 is 0 Å². The number of amides is 1. The minimum atomic E-state index is -0.536. The Morgan fingerprint density at radius 3 is 2.63 bits per heavy atom. The Morgan fingerprint density at radius 1 is 1.19 bits per heavy atom. The lowest BCUT2D eigenvalue weighted by Gasteiger charge is -2.09. The summed E-state index contributed by atoms with van der Waals surface area (Å²) >= 11 is 5.93.